The standard InChI is InChI=1S/C17H25N3O/c21-18-16-7-11-19(12-8-16)9-4-10-20-14-17(20)13-15-5-2-1-3-6-15/h1-3,5-6,17,21H,4,7-14H2. The lowest BCUT2D eigenvalue weighted by molar-refractivity contribution is 0.254. The Morgan fingerprint density at radius 2 is 1.86 bits per heavy atom. The van der Waals surface area contributed by atoms with Crippen molar-refractivity contribution in [2.45, 2.75) is 31.7 Å². The second kappa shape index (κ2) is 7.05. The van der Waals surface area contributed by atoms with Crippen LogP contribution in [-0.4, -0.2) is 59.5 Å². The average Bonchev–Trinajstić information content (AvgIpc) is 3.27. The van der Waals surface area contributed by atoms with Crippen LogP contribution < -0.4 is 0 Å². The zero-order chi connectivity index (χ0) is 14.5. The number of piperidine rings is 1. The SMILES string of the molecule is ON=C1CCN(CCCN2CC2Cc2ccccc2)CC1. The average molecular weight is 287 g/mol. The molecule has 4 heteroatoms. The molecule has 0 aromatic heterocycles. The van der Waals surface area contributed by atoms with Gasteiger partial charge < -0.3 is 10.1 Å². The van der Waals surface area contributed by atoms with Crippen LogP contribution in [0.4, 0.5) is 0 Å². The monoisotopic (exact) mass is 287 g/mol. The Bertz CT molecular complexity index is 464. The number of hydrogen-bond acceptors (Lipinski definition) is 4. The van der Waals surface area contributed by atoms with Gasteiger partial charge in [-0.05, 0) is 31.5 Å². The molecule has 2 saturated heterocycles. The molecule has 0 spiro atoms. The van der Waals surface area contributed by atoms with Crippen LogP contribution in [0.5, 0.6) is 0 Å². The van der Waals surface area contributed by atoms with Crippen molar-refractivity contribution in [3.05, 3.63) is 35.9 Å². The van der Waals surface area contributed by atoms with Crippen molar-refractivity contribution in [3.63, 3.8) is 0 Å². The Morgan fingerprint density at radius 1 is 1.10 bits per heavy atom. The van der Waals surface area contributed by atoms with Gasteiger partial charge in [-0.3, -0.25) is 4.90 Å². The van der Waals surface area contributed by atoms with Gasteiger partial charge in [-0.1, -0.05) is 35.5 Å². The smallest absolute Gasteiger partial charge is 0.0596 e. The van der Waals surface area contributed by atoms with Crippen molar-refractivity contribution in [3.8, 4) is 0 Å². The summed E-state index contributed by atoms with van der Waals surface area (Å²) in [6, 6.07) is 11.6. The normalized spacial score (nSPS) is 25.8. The van der Waals surface area contributed by atoms with Crippen molar-refractivity contribution in [2.75, 3.05) is 32.7 Å². The molecule has 21 heavy (non-hydrogen) atoms. The van der Waals surface area contributed by atoms with E-state index in [-0.39, 0.29) is 0 Å². The quantitative estimate of drug-likeness (QED) is 0.495. The summed E-state index contributed by atoms with van der Waals surface area (Å²) in [5, 5.41) is 12.1. The molecule has 2 atom stereocenters. The molecule has 0 amide bonds. The summed E-state index contributed by atoms with van der Waals surface area (Å²) in [6.07, 6.45) is 4.30. The van der Waals surface area contributed by atoms with Crippen molar-refractivity contribution < 1.29 is 5.21 Å². The number of hydrogen-bond donors (Lipinski definition) is 1. The second-order valence-electron chi connectivity index (χ2n) is 6.20. The van der Waals surface area contributed by atoms with Crippen molar-refractivity contribution in [2.24, 2.45) is 5.16 Å². The maximum Gasteiger partial charge on any atom is 0.0596 e. The first kappa shape index (κ1) is 14.5. The molecule has 2 heterocycles. The van der Waals surface area contributed by atoms with E-state index in [4.69, 9.17) is 5.21 Å². The lowest BCUT2D eigenvalue weighted by Crippen LogP contribution is -2.35. The molecule has 2 unspecified atom stereocenters. The van der Waals surface area contributed by atoms with Crippen LogP contribution in [0, 0.1) is 0 Å². The Balaban J connectivity index is 1.29. The Morgan fingerprint density at radius 3 is 2.57 bits per heavy atom. The zero-order valence-electron chi connectivity index (χ0n) is 12.6. The van der Waals surface area contributed by atoms with Crippen molar-refractivity contribution in [1.29, 1.82) is 0 Å². The summed E-state index contributed by atoms with van der Waals surface area (Å²) in [6.45, 7) is 5.75. The third-order valence-electron chi connectivity index (χ3n) is 4.64. The number of oxime groups is 1. The maximum atomic E-state index is 8.75. The molecule has 0 aliphatic carbocycles. The summed E-state index contributed by atoms with van der Waals surface area (Å²) in [5.41, 5.74) is 2.41. The van der Waals surface area contributed by atoms with Crippen LogP contribution >= 0.6 is 0 Å². The Hall–Kier alpha value is -1.39. The van der Waals surface area contributed by atoms with E-state index in [2.05, 4.69) is 45.3 Å². The van der Waals surface area contributed by atoms with Gasteiger partial charge in [0.1, 0.15) is 0 Å². The van der Waals surface area contributed by atoms with Gasteiger partial charge in [-0.15, -0.1) is 0 Å². The summed E-state index contributed by atoms with van der Waals surface area (Å²) in [4.78, 5) is 5.07. The van der Waals surface area contributed by atoms with E-state index < -0.39 is 0 Å². The van der Waals surface area contributed by atoms with E-state index in [1.54, 1.807) is 0 Å². The number of rotatable bonds is 6. The Labute approximate surface area is 127 Å². The number of benzene rings is 1. The van der Waals surface area contributed by atoms with Gasteiger partial charge in [-0.2, -0.15) is 0 Å². The molecule has 114 valence electrons. The fourth-order valence-electron chi connectivity index (χ4n) is 3.21. The molecule has 2 fully saturated rings. The first-order valence-corrected chi connectivity index (χ1v) is 8.05. The van der Waals surface area contributed by atoms with Crippen molar-refractivity contribution >= 4 is 5.71 Å². The predicted octanol–water partition coefficient (Wildman–Crippen LogP) is 2.23. The van der Waals surface area contributed by atoms with E-state index >= 15 is 0 Å². The van der Waals surface area contributed by atoms with Crippen LogP contribution in [0.25, 0.3) is 0 Å². The molecule has 2 aliphatic rings. The third kappa shape index (κ3) is 4.29. The molecule has 4 nitrogen and oxygen atoms in total. The largest absolute Gasteiger partial charge is 0.411 e. The first-order valence-electron chi connectivity index (χ1n) is 8.05. The highest BCUT2D eigenvalue weighted by molar-refractivity contribution is 5.84. The second-order valence-corrected chi connectivity index (χ2v) is 6.20. The minimum Gasteiger partial charge on any atom is -0.411 e. The van der Waals surface area contributed by atoms with E-state index in [1.807, 2.05) is 0 Å². The fraction of sp³-hybridized carbons (Fsp3) is 0.588. The number of nitrogens with zero attached hydrogens (tertiary/aromatic N) is 3. The molecule has 1 aromatic carbocycles. The Kier molecular flexibility index (Phi) is 4.88. The van der Waals surface area contributed by atoms with Crippen LogP contribution in [0.3, 0.4) is 0 Å². The van der Waals surface area contributed by atoms with Crippen LogP contribution in [0.15, 0.2) is 35.5 Å². The number of likely N-dealkylation sites (tertiary alicyclic amines) is 1. The van der Waals surface area contributed by atoms with Crippen LogP contribution in [0.2, 0.25) is 0 Å². The summed E-state index contributed by atoms with van der Waals surface area (Å²) < 4.78 is 0. The predicted molar refractivity (Wildman–Crippen MR) is 85.0 cm³/mol. The van der Waals surface area contributed by atoms with E-state index in [9.17, 15) is 0 Å². The van der Waals surface area contributed by atoms with Gasteiger partial charge in [-0.25, -0.2) is 0 Å². The molecule has 2 aliphatic heterocycles. The molecular weight excluding hydrogens is 262 g/mol. The molecule has 1 N–H and O–H groups in total. The summed E-state index contributed by atoms with van der Waals surface area (Å²) in [5.74, 6) is 0. The molecule has 1 aromatic rings. The third-order valence-corrected chi connectivity index (χ3v) is 4.64. The van der Waals surface area contributed by atoms with Crippen LogP contribution in [-0.2, 0) is 6.42 Å². The van der Waals surface area contributed by atoms with E-state index in [0.717, 1.165) is 37.7 Å². The fourth-order valence-corrected chi connectivity index (χ4v) is 3.21. The van der Waals surface area contributed by atoms with Crippen molar-refractivity contribution in [1.82, 2.24) is 9.80 Å². The van der Waals surface area contributed by atoms with Gasteiger partial charge in [0.05, 0.1) is 5.71 Å². The molecule has 0 saturated carbocycles. The van der Waals surface area contributed by atoms with Gasteiger partial charge in [0.25, 0.3) is 0 Å². The van der Waals surface area contributed by atoms with Gasteiger partial charge in [0.15, 0.2) is 0 Å². The highest BCUT2D eigenvalue weighted by Crippen LogP contribution is 2.22. The minimum absolute atomic E-state index is 0.766. The highest BCUT2D eigenvalue weighted by atomic mass is 16.4. The first-order chi connectivity index (χ1) is 10.3. The molecular formula is C17H25N3O. The maximum absolute atomic E-state index is 8.75. The van der Waals surface area contributed by atoms with Crippen LogP contribution in [0.1, 0.15) is 24.8 Å². The lowest BCUT2D eigenvalue weighted by atomic mass is 10.1. The minimum atomic E-state index is 0.766. The molecule has 3 rings (SSSR count). The zero-order valence-corrected chi connectivity index (χ0v) is 12.6. The highest BCUT2D eigenvalue weighted by Gasteiger charge is 2.32. The summed E-state index contributed by atoms with van der Waals surface area (Å²) in [7, 11) is 0. The molecule has 0 bridgehead atoms. The summed E-state index contributed by atoms with van der Waals surface area (Å²) >= 11 is 0. The van der Waals surface area contributed by atoms with Gasteiger partial charge in [0.2, 0.25) is 0 Å². The topological polar surface area (TPSA) is 38.8 Å². The lowest BCUT2D eigenvalue weighted by Gasteiger charge is -2.26. The van der Waals surface area contributed by atoms with E-state index in [0.29, 0.717) is 0 Å². The molecule has 0 radical (unpaired) electrons. The van der Waals surface area contributed by atoms with E-state index in [1.165, 1.54) is 38.0 Å². The van der Waals surface area contributed by atoms with Gasteiger partial charge >= 0.3 is 0 Å². The van der Waals surface area contributed by atoms with Gasteiger partial charge in [0, 0.05) is 38.5 Å².